The zero-order chi connectivity index (χ0) is 13.1. The molecule has 0 aromatic heterocycles. The molecule has 4 nitrogen and oxygen atoms in total. The summed E-state index contributed by atoms with van der Waals surface area (Å²) in [5, 5.41) is 3.58. The maximum absolute atomic E-state index is 5.40. The van der Waals surface area contributed by atoms with Crippen molar-refractivity contribution in [2.45, 2.75) is 32.4 Å². The summed E-state index contributed by atoms with van der Waals surface area (Å²) >= 11 is 0. The average Bonchev–Trinajstić information content (AvgIpc) is 3.06. The summed E-state index contributed by atoms with van der Waals surface area (Å²) in [7, 11) is 0. The van der Waals surface area contributed by atoms with Gasteiger partial charge in [0.1, 0.15) is 0 Å². The van der Waals surface area contributed by atoms with E-state index in [9.17, 15) is 0 Å². The smallest absolute Gasteiger partial charge is 0.231 e. The highest BCUT2D eigenvalue weighted by molar-refractivity contribution is 5.44. The fraction of sp³-hybridized carbons (Fsp3) is 0.600. The van der Waals surface area contributed by atoms with Crippen molar-refractivity contribution in [3.63, 3.8) is 0 Å². The van der Waals surface area contributed by atoms with Crippen molar-refractivity contribution >= 4 is 0 Å². The number of nitrogens with zero attached hydrogens (tertiary/aromatic N) is 1. The SMILES string of the molecule is CC(CN1CCCC1)NCc1ccc2c(c1)OCO2. The van der Waals surface area contributed by atoms with Gasteiger partial charge in [-0.2, -0.15) is 0 Å². The molecule has 3 rings (SSSR count). The largest absolute Gasteiger partial charge is 0.454 e. The van der Waals surface area contributed by atoms with E-state index in [1.807, 2.05) is 6.07 Å². The third-order valence-corrected chi connectivity index (χ3v) is 3.82. The minimum absolute atomic E-state index is 0.345. The van der Waals surface area contributed by atoms with E-state index in [1.165, 1.54) is 31.5 Å². The number of ether oxygens (including phenoxy) is 2. The topological polar surface area (TPSA) is 33.7 Å². The van der Waals surface area contributed by atoms with E-state index in [0.29, 0.717) is 12.8 Å². The molecular weight excluding hydrogens is 240 g/mol. The number of nitrogens with one attached hydrogen (secondary N) is 1. The second-order valence-corrected chi connectivity index (χ2v) is 5.48. The van der Waals surface area contributed by atoms with Gasteiger partial charge in [0.15, 0.2) is 11.5 Å². The van der Waals surface area contributed by atoms with Crippen molar-refractivity contribution in [3.8, 4) is 11.5 Å². The van der Waals surface area contributed by atoms with Gasteiger partial charge < -0.3 is 19.7 Å². The van der Waals surface area contributed by atoms with Crippen LogP contribution < -0.4 is 14.8 Å². The van der Waals surface area contributed by atoms with Gasteiger partial charge in [0.05, 0.1) is 0 Å². The zero-order valence-electron chi connectivity index (χ0n) is 11.5. The van der Waals surface area contributed by atoms with Crippen molar-refractivity contribution in [2.24, 2.45) is 0 Å². The van der Waals surface area contributed by atoms with Gasteiger partial charge in [-0.1, -0.05) is 6.07 Å². The standard InChI is InChI=1S/C15H22N2O2/c1-12(10-17-6-2-3-7-17)16-9-13-4-5-14-15(8-13)19-11-18-14/h4-5,8,12,16H,2-3,6-7,9-11H2,1H3. The molecule has 19 heavy (non-hydrogen) atoms. The van der Waals surface area contributed by atoms with Gasteiger partial charge in [-0.3, -0.25) is 0 Å². The molecule has 1 N–H and O–H groups in total. The van der Waals surface area contributed by atoms with E-state index in [0.717, 1.165) is 24.6 Å². The molecule has 4 heteroatoms. The van der Waals surface area contributed by atoms with E-state index in [4.69, 9.17) is 9.47 Å². The lowest BCUT2D eigenvalue weighted by atomic mass is 10.2. The lowest BCUT2D eigenvalue weighted by Crippen LogP contribution is -2.37. The van der Waals surface area contributed by atoms with Crippen LogP contribution in [0.1, 0.15) is 25.3 Å². The number of hydrogen-bond acceptors (Lipinski definition) is 4. The monoisotopic (exact) mass is 262 g/mol. The Morgan fingerprint density at radius 3 is 2.84 bits per heavy atom. The summed E-state index contributed by atoms with van der Waals surface area (Å²) in [6, 6.07) is 6.68. The molecule has 1 fully saturated rings. The Kier molecular flexibility index (Phi) is 3.89. The van der Waals surface area contributed by atoms with Crippen molar-refractivity contribution in [1.29, 1.82) is 0 Å². The van der Waals surface area contributed by atoms with E-state index in [2.05, 4.69) is 29.3 Å². The highest BCUT2D eigenvalue weighted by atomic mass is 16.7. The molecule has 0 spiro atoms. The molecular formula is C15H22N2O2. The molecule has 1 aromatic carbocycles. The first-order valence-corrected chi connectivity index (χ1v) is 7.15. The summed E-state index contributed by atoms with van der Waals surface area (Å²) < 4.78 is 10.7. The van der Waals surface area contributed by atoms with Gasteiger partial charge in [0.25, 0.3) is 0 Å². The Morgan fingerprint density at radius 2 is 2.00 bits per heavy atom. The number of likely N-dealkylation sites (tertiary alicyclic amines) is 1. The minimum Gasteiger partial charge on any atom is -0.454 e. The summed E-state index contributed by atoms with van der Waals surface area (Å²) in [6.45, 7) is 7.14. The zero-order valence-corrected chi connectivity index (χ0v) is 11.5. The van der Waals surface area contributed by atoms with Crippen LogP contribution in [-0.2, 0) is 6.54 Å². The summed E-state index contributed by atoms with van der Waals surface area (Å²) in [4.78, 5) is 2.54. The second kappa shape index (κ2) is 5.80. The summed E-state index contributed by atoms with van der Waals surface area (Å²) in [5.74, 6) is 1.72. The molecule has 0 saturated carbocycles. The molecule has 2 aliphatic heterocycles. The third kappa shape index (κ3) is 3.19. The van der Waals surface area contributed by atoms with E-state index in [1.54, 1.807) is 0 Å². The first-order chi connectivity index (χ1) is 9.31. The lowest BCUT2D eigenvalue weighted by Gasteiger charge is -2.21. The molecule has 104 valence electrons. The fourth-order valence-corrected chi connectivity index (χ4v) is 2.76. The number of benzene rings is 1. The van der Waals surface area contributed by atoms with E-state index in [-0.39, 0.29) is 0 Å². The molecule has 2 heterocycles. The Balaban J connectivity index is 1.48. The predicted octanol–water partition coefficient (Wildman–Crippen LogP) is 1.99. The van der Waals surface area contributed by atoms with Crippen LogP contribution in [0.4, 0.5) is 0 Å². The van der Waals surface area contributed by atoms with Gasteiger partial charge >= 0.3 is 0 Å². The Morgan fingerprint density at radius 1 is 1.21 bits per heavy atom. The van der Waals surface area contributed by atoms with E-state index >= 15 is 0 Å². The molecule has 1 aromatic rings. The Bertz CT molecular complexity index is 430. The molecule has 1 saturated heterocycles. The van der Waals surface area contributed by atoms with Gasteiger partial charge in [-0.25, -0.2) is 0 Å². The van der Waals surface area contributed by atoms with Crippen molar-refractivity contribution < 1.29 is 9.47 Å². The van der Waals surface area contributed by atoms with Crippen LogP contribution in [0, 0.1) is 0 Å². The molecule has 0 aliphatic carbocycles. The van der Waals surface area contributed by atoms with Crippen LogP contribution >= 0.6 is 0 Å². The van der Waals surface area contributed by atoms with Crippen LogP contribution in [0.25, 0.3) is 0 Å². The Hall–Kier alpha value is -1.26. The molecule has 0 radical (unpaired) electrons. The highest BCUT2D eigenvalue weighted by Crippen LogP contribution is 2.32. The maximum Gasteiger partial charge on any atom is 0.231 e. The predicted molar refractivity (Wildman–Crippen MR) is 74.5 cm³/mol. The van der Waals surface area contributed by atoms with E-state index < -0.39 is 0 Å². The van der Waals surface area contributed by atoms with Crippen LogP contribution in [0.3, 0.4) is 0 Å². The van der Waals surface area contributed by atoms with Gasteiger partial charge in [-0.15, -0.1) is 0 Å². The first kappa shape index (κ1) is 12.8. The van der Waals surface area contributed by atoms with Crippen LogP contribution in [0.5, 0.6) is 11.5 Å². The van der Waals surface area contributed by atoms with Crippen molar-refractivity contribution in [1.82, 2.24) is 10.2 Å². The summed E-state index contributed by atoms with van der Waals surface area (Å²) in [5.41, 5.74) is 1.25. The van der Waals surface area contributed by atoms with Crippen molar-refractivity contribution in [2.75, 3.05) is 26.4 Å². The van der Waals surface area contributed by atoms with Gasteiger partial charge in [0.2, 0.25) is 6.79 Å². The maximum atomic E-state index is 5.40. The van der Waals surface area contributed by atoms with Crippen LogP contribution in [0.15, 0.2) is 18.2 Å². The molecule has 0 amide bonds. The first-order valence-electron chi connectivity index (χ1n) is 7.15. The minimum atomic E-state index is 0.345. The molecule has 0 bridgehead atoms. The normalized spacial score (nSPS) is 19.8. The quantitative estimate of drug-likeness (QED) is 0.880. The van der Waals surface area contributed by atoms with Gasteiger partial charge in [0, 0.05) is 19.1 Å². The van der Waals surface area contributed by atoms with Crippen LogP contribution in [0.2, 0.25) is 0 Å². The van der Waals surface area contributed by atoms with Gasteiger partial charge in [-0.05, 0) is 50.6 Å². The second-order valence-electron chi connectivity index (χ2n) is 5.48. The molecule has 1 atom stereocenters. The third-order valence-electron chi connectivity index (χ3n) is 3.82. The summed E-state index contributed by atoms with van der Waals surface area (Å²) in [6.07, 6.45) is 2.71. The Labute approximate surface area is 114 Å². The van der Waals surface area contributed by atoms with Crippen LogP contribution in [-0.4, -0.2) is 37.4 Å². The molecule has 2 aliphatic rings. The molecule has 1 unspecified atom stereocenters. The highest BCUT2D eigenvalue weighted by Gasteiger charge is 2.15. The number of rotatable bonds is 5. The lowest BCUT2D eigenvalue weighted by molar-refractivity contribution is 0.174. The van der Waals surface area contributed by atoms with Crippen molar-refractivity contribution in [3.05, 3.63) is 23.8 Å². The number of hydrogen-bond donors (Lipinski definition) is 1. The fourth-order valence-electron chi connectivity index (χ4n) is 2.76. The number of fused-ring (bicyclic) bond motifs is 1. The average molecular weight is 262 g/mol.